The summed E-state index contributed by atoms with van der Waals surface area (Å²) in [7, 11) is -3.66. The minimum Gasteiger partial charge on any atom is -0.294 e. The number of allylic oxidation sites excluding steroid dienone is 1. The van der Waals surface area contributed by atoms with Crippen molar-refractivity contribution in [3.63, 3.8) is 0 Å². The van der Waals surface area contributed by atoms with E-state index in [1.807, 2.05) is 33.7 Å². The monoisotopic (exact) mass is 339 g/mol. The predicted octanol–water partition coefficient (Wildman–Crippen LogP) is 2.98. The van der Waals surface area contributed by atoms with Gasteiger partial charge < -0.3 is 0 Å². The van der Waals surface area contributed by atoms with Gasteiger partial charge in [0, 0.05) is 6.20 Å². The zero-order chi connectivity index (χ0) is 15.1. The van der Waals surface area contributed by atoms with Gasteiger partial charge >= 0.3 is 0 Å². The van der Waals surface area contributed by atoms with Crippen LogP contribution in [0.25, 0.3) is 12.2 Å². The fourth-order valence-electron chi connectivity index (χ4n) is 1.44. The van der Waals surface area contributed by atoms with Crippen molar-refractivity contribution in [2.24, 2.45) is 0 Å². The van der Waals surface area contributed by atoms with Crippen LogP contribution in [0.5, 0.6) is 0 Å². The van der Waals surface area contributed by atoms with Crippen molar-refractivity contribution in [3.05, 3.63) is 57.1 Å². The van der Waals surface area contributed by atoms with E-state index in [4.69, 9.17) is 0 Å². The van der Waals surface area contributed by atoms with Crippen LogP contribution in [0, 0.1) is 0 Å². The highest BCUT2D eigenvalue weighted by Gasteiger charge is 2.12. The van der Waals surface area contributed by atoms with Crippen LogP contribution in [0.15, 0.2) is 45.9 Å². The first-order chi connectivity index (χ1) is 10.1. The minimum atomic E-state index is -3.66. The molecule has 7 heteroatoms. The molecule has 0 aliphatic rings. The molecule has 0 aliphatic carbocycles. The first kappa shape index (κ1) is 15.7. The Hall–Kier alpha value is -1.70. The van der Waals surface area contributed by atoms with Gasteiger partial charge in [0.05, 0.1) is 0 Å². The van der Waals surface area contributed by atoms with Gasteiger partial charge in [-0.3, -0.25) is 9.52 Å². The highest BCUT2D eigenvalue weighted by atomic mass is 32.2. The van der Waals surface area contributed by atoms with E-state index in [0.717, 1.165) is 11.1 Å². The largest absolute Gasteiger partial charge is 0.294 e. The first-order valence-electron chi connectivity index (χ1n) is 5.97. The molecule has 0 atom stereocenters. The second kappa shape index (κ2) is 7.35. The van der Waals surface area contributed by atoms with Crippen LogP contribution >= 0.6 is 22.7 Å². The van der Waals surface area contributed by atoms with E-state index in [2.05, 4.69) is 4.72 Å². The molecule has 21 heavy (non-hydrogen) atoms. The average molecular weight is 339 g/mol. The van der Waals surface area contributed by atoms with Crippen molar-refractivity contribution in [1.82, 2.24) is 4.72 Å². The fourth-order valence-corrected chi connectivity index (χ4v) is 3.53. The van der Waals surface area contributed by atoms with E-state index < -0.39 is 21.6 Å². The van der Waals surface area contributed by atoms with Gasteiger partial charge in [0.15, 0.2) is 5.78 Å². The summed E-state index contributed by atoms with van der Waals surface area (Å²) in [5.74, 6) is -1.03. The Kier molecular flexibility index (Phi) is 5.49. The summed E-state index contributed by atoms with van der Waals surface area (Å²) in [5, 5.41) is 7.55. The summed E-state index contributed by atoms with van der Waals surface area (Å²) < 4.78 is 25.7. The molecule has 2 heterocycles. The number of hydrogen-bond acceptors (Lipinski definition) is 5. The Morgan fingerprint density at radius 2 is 1.71 bits per heavy atom. The van der Waals surface area contributed by atoms with E-state index >= 15 is 0 Å². The molecule has 110 valence electrons. The highest BCUT2D eigenvalue weighted by Crippen LogP contribution is 2.08. The van der Waals surface area contributed by atoms with Crippen LogP contribution in [0.1, 0.15) is 11.1 Å². The van der Waals surface area contributed by atoms with Gasteiger partial charge in [0.2, 0.25) is 10.0 Å². The zero-order valence-corrected chi connectivity index (χ0v) is 13.4. The highest BCUT2D eigenvalue weighted by molar-refractivity contribution is 7.90. The van der Waals surface area contributed by atoms with E-state index in [9.17, 15) is 13.2 Å². The zero-order valence-electron chi connectivity index (χ0n) is 10.9. The fraction of sp³-hybridized carbons (Fsp3) is 0.0714. The quantitative estimate of drug-likeness (QED) is 0.789. The van der Waals surface area contributed by atoms with Crippen LogP contribution in [0.3, 0.4) is 0 Å². The number of rotatable bonds is 7. The molecule has 0 saturated heterocycles. The third-order valence-corrected chi connectivity index (χ3v) is 4.97. The lowest BCUT2D eigenvalue weighted by Gasteiger charge is -2.00. The lowest BCUT2D eigenvalue weighted by atomic mass is 10.3. The van der Waals surface area contributed by atoms with Gasteiger partial charge in [-0.1, -0.05) is 6.08 Å². The number of hydrogen-bond donors (Lipinski definition) is 1. The molecule has 0 saturated carbocycles. The third kappa shape index (κ3) is 5.66. The molecule has 4 nitrogen and oxygen atoms in total. The van der Waals surface area contributed by atoms with Crippen molar-refractivity contribution >= 4 is 50.6 Å². The number of carbonyl (C=O) groups excluding carboxylic acids is 1. The average Bonchev–Trinajstić information content (AvgIpc) is 3.08. The van der Waals surface area contributed by atoms with Gasteiger partial charge in [0.25, 0.3) is 0 Å². The molecule has 0 aromatic carbocycles. The first-order valence-corrected chi connectivity index (χ1v) is 9.51. The molecule has 0 amide bonds. The molecule has 0 radical (unpaired) electrons. The Morgan fingerprint density at radius 1 is 1.10 bits per heavy atom. The van der Waals surface area contributed by atoms with Crippen molar-refractivity contribution in [2.75, 3.05) is 5.75 Å². The Balaban J connectivity index is 1.87. The maximum absolute atomic E-state index is 11.7. The summed E-state index contributed by atoms with van der Waals surface area (Å²) in [4.78, 5) is 11.6. The summed E-state index contributed by atoms with van der Waals surface area (Å²) >= 11 is 3.04. The van der Waals surface area contributed by atoms with Gasteiger partial charge in [-0.15, -0.1) is 0 Å². The molecule has 0 unspecified atom stereocenters. The van der Waals surface area contributed by atoms with Crippen LogP contribution in [0.4, 0.5) is 0 Å². The maximum Gasteiger partial charge on any atom is 0.239 e. The standard InChI is InChI=1S/C14H13NO3S3/c16-14(2-1-12-4-7-19-9-12)11-21(17,18)15-6-3-13-5-8-20-10-13/h1-10,15H,11H2/b2-1-,6-3-. The van der Waals surface area contributed by atoms with Crippen LogP contribution in [-0.2, 0) is 14.8 Å². The van der Waals surface area contributed by atoms with Crippen molar-refractivity contribution in [2.45, 2.75) is 0 Å². The van der Waals surface area contributed by atoms with Crippen molar-refractivity contribution in [3.8, 4) is 0 Å². The molecule has 0 fully saturated rings. The summed E-state index contributed by atoms with van der Waals surface area (Å²) in [6, 6.07) is 3.72. The molecular formula is C14H13NO3S3. The molecule has 0 spiro atoms. The number of thiophene rings is 2. The molecule has 0 aliphatic heterocycles. The van der Waals surface area contributed by atoms with E-state index in [0.29, 0.717) is 0 Å². The SMILES string of the molecule is O=C(/C=C\c1ccsc1)CS(=O)(=O)N/C=C\c1ccsc1. The predicted molar refractivity (Wildman–Crippen MR) is 88.6 cm³/mol. The number of carbonyl (C=O) groups is 1. The molecule has 0 bridgehead atoms. The Morgan fingerprint density at radius 3 is 2.29 bits per heavy atom. The Labute approximate surface area is 131 Å². The molecule has 2 aromatic heterocycles. The van der Waals surface area contributed by atoms with Gasteiger partial charge in [-0.05, 0) is 56.9 Å². The number of nitrogens with one attached hydrogen (secondary N) is 1. The van der Waals surface area contributed by atoms with Gasteiger partial charge in [-0.25, -0.2) is 8.42 Å². The molecule has 2 aromatic rings. The van der Waals surface area contributed by atoms with Gasteiger partial charge in [-0.2, -0.15) is 22.7 Å². The smallest absolute Gasteiger partial charge is 0.239 e. The lowest BCUT2D eigenvalue weighted by Crippen LogP contribution is -2.25. The van der Waals surface area contributed by atoms with E-state index in [1.54, 1.807) is 12.2 Å². The van der Waals surface area contributed by atoms with E-state index in [-0.39, 0.29) is 0 Å². The summed E-state index contributed by atoms with van der Waals surface area (Å²) in [6.45, 7) is 0. The normalized spacial score (nSPS) is 12.2. The lowest BCUT2D eigenvalue weighted by molar-refractivity contribution is -0.112. The second-order valence-corrected chi connectivity index (χ2v) is 7.44. The molecular weight excluding hydrogens is 326 g/mol. The van der Waals surface area contributed by atoms with Gasteiger partial charge in [0.1, 0.15) is 5.75 Å². The van der Waals surface area contributed by atoms with E-state index in [1.165, 1.54) is 34.9 Å². The van der Waals surface area contributed by atoms with Crippen molar-refractivity contribution in [1.29, 1.82) is 0 Å². The third-order valence-electron chi connectivity index (χ3n) is 2.40. The molecule has 1 N–H and O–H groups in total. The van der Waals surface area contributed by atoms with Crippen LogP contribution in [0.2, 0.25) is 0 Å². The van der Waals surface area contributed by atoms with Crippen molar-refractivity contribution < 1.29 is 13.2 Å². The summed E-state index contributed by atoms with van der Waals surface area (Å²) in [6.07, 6.45) is 5.85. The number of ketones is 1. The summed E-state index contributed by atoms with van der Waals surface area (Å²) in [5.41, 5.74) is 1.79. The maximum atomic E-state index is 11.7. The minimum absolute atomic E-state index is 0.461. The topological polar surface area (TPSA) is 63.2 Å². The second-order valence-electron chi connectivity index (χ2n) is 4.12. The van der Waals surface area contributed by atoms with Crippen LogP contribution in [-0.4, -0.2) is 20.0 Å². The Bertz CT molecular complexity index is 727. The van der Waals surface area contributed by atoms with Crippen LogP contribution < -0.4 is 4.72 Å². The number of sulfonamides is 1. The molecule has 2 rings (SSSR count).